The van der Waals surface area contributed by atoms with Gasteiger partial charge < -0.3 is 0 Å². The Morgan fingerprint density at radius 1 is 1.00 bits per heavy atom. The van der Waals surface area contributed by atoms with E-state index >= 15 is 0 Å². The molecule has 0 aliphatic rings. The highest BCUT2D eigenvalue weighted by Crippen LogP contribution is 2.28. The van der Waals surface area contributed by atoms with Crippen molar-refractivity contribution in [2.24, 2.45) is 0 Å². The van der Waals surface area contributed by atoms with E-state index in [1.807, 2.05) is 32.0 Å². The summed E-state index contributed by atoms with van der Waals surface area (Å²) in [5.74, 6) is 0. The van der Waals surface area contributed by atoms with Gasteiger partial charge in [-0.05, 0) is 60.0 Å². The summed E-state index contributed by atoms with van der Waals surface area (Å²) in [6.07, 6.45) is 0. The highest BCUT2D eigenvalue weighted by atomic mass is 79.9. The Labute approximate surface area is 128 Å². The summed E-state index contributed by atoms with van der Waals surface area (Å²) in [6.45, 7) is 5.65. The normalized spacial score (nSPS) is 11.4. The van der Waals surface area contributed by atoms with E-state index in [9.17, 15) is 8.42 Å². The van der Waals surface area contributed by atoms with E-state index in [0.29, 0.717) is 10.6 Å². The van der Waals surface area contributed by atoms with Crippen LogP contribution in [0.15, 0.2) is 45.8 Å². The van der Waals surface area contributed by atoms with Crippen molar-refractivity contribution >= 4 is 31.6 Å². The Hall–Kier alpha value is -1.33. The maximum absolute atomic E-state index is 12.5. The first-order valence-electron chi connectivity index (χ1n) is 6.16. The molecule has 2 aromatic carbocycles. The van der Waals surface area contributed by atoms with Crippen LogP contribution in [0.2, 0.25) is 0 Å². The predicted octanol–water partition coefficient (Wildman–Crippen LogP) is 4.18. The molecule has 106 valence electrons. The smallest absolute Gasteiger partial charge is 0.262 e. The van der Waals surface area contributed by atoms with Crippen molar-refractivity contribution < 1.29 is 8.42 Å². The molecule has 2 aromatic rings. The lowest BCUT2D eigenvalue weighted by molar-refractivity contribution is 0.600. The van der Waals surface area contributed by atoms with Gasteiger partial charge >= 0.3 is 0 Å². The van der Waals surface area contributed by atoms with Crippen molar-refractivity contribution in [1.29, 1.82) is 0 Å². The first-order chi connectivity index (χ1) is 9.31. The number of aryl methyl sites for hydroxylation is 3. The first kappa shape index (κ1) is 15.1. The van der Waals surface area contributed by atoms with Crippen LogP contribution in [0.4, 0.5) is 5.69 Å². The summed E-state index contributed by atoms with van der Waals surface area (Å²) < 4.78 is 28.3. The van der Waals surface area contributed by atoms with Crippen LogP contribution < -0.4 is 4.72 Å². The van der Waals surface area contributed by atoms with Crippen molar-refractivity contribution in [3.05, 3.63) is 57.6 Å². The molecule has 20 heavy (non-hydrogen) atoms. The second-order valence-electron chi connectivity index (χ2n) is 4.81. The summed E-state index contributed by atoms with van der Waals surface area (Å²) in [4.78, 5) is 0.302. The lowest BCUT2D eigenvalue weighted by Crippen LogP contribution is -2.14. The summed E-state index contributed by atoms with van der Waals surface area (Å²) in [5, 5.41) is 0. The van der Waals surface area contributed by atoms with Crippen molar-refractivity contribution in [2.75, 3.05) is 4.72 Å². The van der Waals surface area contributed by atoms with Crippen LogP contribution in [0, 0.1) is 20.8 Å². The third kappa shape index (κ3) is 3.04. The molecule has 0 saturated heterocycles. The summed E-state index contributed by atoms with van der Waals surface area (Å²) in [7, 11) is -3.58. The molecule has 0 radical (unpaired) electrons. The number of halogens is 1. The second-order valence-corrected chi connectivity index (χ2v) is 7.25. The third-order valence-electron chi connectivity index (χ3n) is 3.06. The number of hydrogen-bond acceptors (Lipinski definition) is 2. The highest BCUT2D eigenvalue weighted by Gasteiger charge is 2.18. The number of nitrogens with one attached hydrogen (secondary N) is 1. The summed E-state index contributed by atoms with van der Waals surface area (Å²) in [6, 6.07) is 10.8. The zero-order valence-corrected chi connectivity index (χ0v) is 14.0. The van der Waals surface area contributed by atoms with E-state index in [0.717, 1.165) is 21.2 Å². The standard InChI is InChI=1S/C15H16BrNO2S/c1-10-7-8-14(12(3)9-10)20(18,19)17-13-6-4-5-11(2)15(13)16/h4-9,17H,1-3H3. The number of rotatable bonds is 3. The number of sulfonamides is 1. The molecule has 0 amide bonds. The molecule has 0 bridgehead atoms. The molecule has 0 unspecified atom stereocenters. The maximum atomic E-state index is 12.5. The number of hydrogen-bond donors (Lipinski definition) is 1. The number of benzene rings is 2. The fourth-order valence-corrected chi connectivity index (χ4v) is 3.82. The Bertz CT molecular complexity index is 754. The maximum Gasteiger partial charge on any atom is 0.262 e. The fraction of sp³-hybridized carbons (Fsp3) is 0.200. The Morgan fingerprint density at radius 3 is 2.35 bits per heavy atom. The van der Waals surface area contributed by atoms with Gasteiger partial charge in [0.05, 0.1) is 10.6 Å². The van der Waals surface area contributed by atoms with E-state index < -0.39 is 10.0 Å². The average molecular weight is 354 g/mol. The van der Waals surface area contributed by atoms with E-state index in [4.69, 9.17) is 0 Å². The summed E-state index contributed by atoms with van der Waals surface area (Å²) >= 11 is 3.41. The van der Waals surface area contributed by atoms with Crippen LogP contribution in [0.25, 0.3) is 0 Å². The molecule has 0 spiro atoms. The molecule has 1 N–H and O–H groups in total. The largest absolute Gasteiger partial charge is 0.278 e. The van der Waals surface area contributed by atoms with Gasteiger partial charge in [-0.2, -0.15) is 0 Å². The van der Waals surface area contributed by atoms with Gasteiger partial charge in [-0.1, -0.05) is 29.8 Å². The lowest BCUT2D eigenvalue weighted by Gasteiger charge is -2.13. The van der Waals surface area contributed by atoms with Gasteiger partial charge in [0.2, 0.25) is 0 Å². The minimum atomic E-state index is -3.58. The first-order valence-corrected chi connectivity index (χ1v) is 8.44. The van der Waals surface area contributed by atoms with Crippen LogP contribution in [0.3, 0.4) is 0 Å². The monoisotopic (exact) mass is 353 g/mol. The molecule has 0 aromatic heterocycles. The quantitative estimate of drug-likeness (QED) is 0.899. The van der Waals surface area contributed by atoms with Gasteiger partial charge in [-0.15, -0.1) is 0 Å². The minimum Gasteiger partial charge on any atom is -0.278 e. The molecule has 0 heterocycles. The Kier molecular flexibility index (Phi) is 4.20. The molecular formula is C15H16BrNO2S. The molecule has 5 heteroatoms. The molecule has 0 aliphatic heterocycles. The van der Waals surface area contributed by atoms with Gasteiger partial charge in [0, 0.05) is 4.47 Å². The van der Waals surface area contributed by atoms with Crippen LogP contribution in [-0.4, -0.2) is 8.42 Å². The van der Waals surface area contributed by atoms with E-state index in [-0.39, 0.29) is 0 Å². The van der Waals surface area contributed by atoms with Gasteiger partial charge in [-0.25, -0.2) is 8.42 Å². The molecule has 0 fully saturated rings. The van der Waals surface area contributed by atoms with E-state index in [2.05, 4.69) is 20.7 Å². The molecule has 0 saturated carbocycles. The van der Waals surface area contributed by atoms with Gasteiger partial charge in [0.25, 0.3) is 10.0 Å². The van der Waals surface area contributed by atoms with Gasteiger partial charge in [-0.3, -0.25) is 4.72 Å². The average Bonchev–Trinajstić information content (AvgIpc) is 2.34. The Morgan fingerprint density at radius 2 is 1.70 bits per heavy atom. The van der Waals surface area contributed by atoms with Crippen molar-refractivity contribution in [1.82, 2.24) is 0 Å². The van der Waals surface area contributed by atoms with Crippen LogP contribution in [0.1, 0.15) is 16.7 Å². The fourth-order valence-electron chi connectivity index (χ4n) is 2.03. The minimum absolute atomic E-state index is 0.302. The topological polar surface area (TPSA) is 46.2 Å². The third-order valence-corrected chi connectivity index (χ3v) is 5.63. The van der Waals surface area contributed by atoms with Crippen molar-refractivity contribution in [3.63, 3.8) is 0 Å². The van der Waals surface area contributed by atoms with E-state index in [1.54, 1.807) is 25.1 Å². The predicted molar refractivity (Wildman–Crippen MR) is 85.6 cm³/mol. The van der Waals surface area contributed by atoms with Crippen molar-refractivity contribution in [2.45, 2.75) is 25.7 Å². The molecule has 0 atom stereocenters. The second kappa shape index (κ2) is 5.58. The van der Waals surface area contributed by atoms with Crippen molar-refractivity contribution in [3.8, 4) is 0 Å². The molecule has 3 nitrogen and oxygen atoms in total. The van der Waals surface area contributed by atoms with Gasteiger partial charge in [0.1, 0.15) is 0 Å². The van der Waals surface area contributed by atoms with E-state index in [1.165, 1.54) is 0 Å². The zero-order valence-electron chi connectivity index (χ0n) is 11.6. The molecule has 2 rings (SSSR count). The molecular weight excluding hydrogens is 338 g/mol. The Balaban J connectivity index is 2.44. The zero-order chi connectivity index (χ0) is 14.9. The summed E-state index contributed by atoms with van der Waals surface area (Å²) in [5.41, 5.74) is 3.30. The SMILES string of the molecule is Cc1ccc(S(=O)(=O)Nc2cccc(C)c2Br)c(C)c1. The number of anilines is 1. The van der Waals surface area contributed by atoms with Crippen LogP contribution >= 0.6 is 15.9 Å². The van der Waals surface area contributed by atoms with Crippen LogP contribution in [0.5, 0.6) is 0 Å². The van der Waals surface area contributed by atoms with Crippen LogP contribution in [-0.2, 0) is 10.0 Å². The molecule has 0 aliphatic carbocycles. The highest BCUT2D eigenvalue weighted by molar-refractivity contribution is 9.10. The van der Waals surface area contributed by atoms with Gasteiger partial charge in [0.15, 0.2) is 0 Å². The lowest BCUT2D eigenvalue weighted by atomic mass is 10.2.